The van der Waals surface area contributed by atoms with E-state index in [0.717, 1.165) is 5.56 Å². The Labute approximate surface area is 116 Å². The minimum Gasteiger partial charge on any atom is -0.349 e. The summed E-state index contributed by atoms with van der Waals surface area (Å²) in [7, 11) is 0. The lowest BCUT2D eigenvalue weighted by Crippen LogP contribution is -2.28. The fourth-order valence-corrected chi connectivity index (χ4v) is 1.94. The third kappa shape index (κ3) is 3.63. The van der Waals surface area contributed by atoms with Crippen molar-refractivity contribution in [3.63, 3.8) is 0 Å². The number of halogens is 2. The predicted molar refractivity (Wildman–Crippen MR) is 73.1 cm³/mol. The highest BCUT2D eigenvalue weighted by Gasteiger charge is 2.12. The summed E-state index contributed by atoms with van der Waals surface area (Å²) in [5.41, 5.74) is 1.16. The second kappa shape index (κ2) is 6.28. The summed E-state index contributed by atoms with van der Waals surface area (Å²) in [6, 6.07) is 11.8. The highest BCUT2D eigenvalue weighted by molar-refractivity contribution is 5.79. The van der Waals surface area contributed by atoms with Gasteiger partial charge in [-0.3, -0.25) is 4.79 Å². The molecule has 2 aromatic rings. The lowest BCUT2D eigenvalue weighted by atomic mass is 10.1. The van der Waals surface area contributed by atoms with Gasteiger partial charge in [0.15, 0.2) is 0 Å². The molecule has 0 bridgehead atoms. The fourth-order valence-electron chi connectivity index (χ4n) is 1.94. The van der Waals surface area contributed by atoms with E-state index in [-0.39, 0.29) is 24.2 Å². The molecule has 0 saturated heterocycles. The summed E-state index contributed by atoms with van der Waals surface area (Å²) in [6.07, 6.45) is -0.0157. The molecule has 104 valence electrons. The molecule has 0 aliphatic carbocycles. The molecule has 1 atom stereocenters. The third-order valence-electron chi connectivity index (χ3n) is 3.06. The van der Waals surface area contributed by atoms with Crippen LogP contribution in [-0.4, -0.2) is 5.91 Å². The van der Waals surface area contributed by atoms with Gasteiger partial charge in [-0.15, -0.1) is 0 Å². The molecule has 1 N–H and O–H groups in total. The highest BCUT2D eigenvalue weighted by Crippen LogP contribution is 2.13. The highest BCUT2D eigenvalue weighted by atomic mass is 19.1. The molecular weight excluding hydrogens is 260 g/mol. The minimum atomic E-state index is -0.392. The van der Waals surface area contributed by atoms with E-state index in [1.54, 1.807) is 37.3 Å². The van der Waals surface area contributed by atoms with E-state index in [4.69, 9.17) is 0 Å². The molecule has 2 aromatic carbocycles. The van der Waals surface area contributed by atoms with Crippen LogP contribution in [0.1, 0.15) is 24.1 Å². The van der Waals surface area contributed by atoms with E-state index < -0.39 is 5.82 Å². The van der Waals surface area contributed by atoms with Gasteiger partial charge < -0.3 is 5.32 Å². The van der Waals surface area contributed by atoms with Crippen LogP contribution in [0, 0.1) is 11.6 Å². The SMILES string of the molecule is C[C@@H](NC(=O)Cc1ccccc1F)c1ccc(F)cc1. The number of amides is 1. The molecule has 1 amide bonds. The quantitative estimate of drug-likeness (QED) is 0.910. The topological polar surface area (TPSA) is 29.1 Å². The van der Waals surface area contributed by atoms with Crippen molar-refractivity contribution in [1.82, 2.24) is 5.32 Å². The Hall–Kier alpha value is -2.23. The zero-order valence-electron chi connectivity index (χ0n) is 11.1. The van der Waals surface area contributed by atoms with Crippen LogP contribution in [0.3, 0.4) is 0 Å². The van der Waals surface area contributed by atoms with E-state index in [2.05, 4.69) is 5.32 Å². The van der Waals surface area contributed by atoms with Gasteiger partial charge in [-0.25, -0.2) is 8.78 Å². The van der Waals surface area contributed by atoms with Crippen molar-refractivity contribution >= 4 is 5.91 Å². The van der Waals surface area contributed by atoms with Gasteiger partial charge in [0.25, 0.3) is 0 Å². The fraction of sp³-hybridized carbons (Fsp3) is 0.188. The average Bonchev–Trinajstić information content (AvgIpc) is 2.42. The second-order valence-electron chi connectivity index (χ2n) is 4.61. The molecule has 0 aliphatic heterocycles. The first-order valence-corrected chi connectivity index (χ1v) is 6.34. The van der Waals surface area contributed by atoms with Crippen LogP contribution in [0.4, 0.5) is 8.78 Å². The maximum absolute atomic E-state index is 13.4. The number of carbonyl (C=O) groups excluding carboxylic acids is 1. The Morgan fingerprint density at radius 3 is 2.40 bits per heavy atom. The van der Waals surface area contributed by atoms with Gasteiger partial charge in [0, 0.05) is 0 Å². The van der Waals surface area contributed by atoms with Crippen molar-refractivity contribution in [3.8, 4) is 0 Å². The van der Waals surface area contributed by atoms with Gasteiger partial charge in [-0.1, -0.05) is 30.3 Å². The van der Waals surface area contributed by atoms with Crippen LogP contribution in [0.2, 0.25) is 0 Å². The molecule has 0 heterocycles. The summed E-state index contributed by atoms with van der Waals surface area (Å²) in [5.74, 6) is -0.984. The van der Waals surface area contributed by atoms with Crippen LogP contribution in [0.25, 0.3) is 0 Å². The van der Waals surface area contributed by atoms with Gasteiger partial charge in [-0.2, -0.15) is 0 Å². The predicted octanol–water partition coefficient (Wildman–Crippen LogP) is 3.38. The van der Waals surface area contributed by atoms with Crippen molar-refractivity contribution in [2.75, 3.05) is 0 Å². The van der Waals surface area contributed by atoms with Crippen molar-refractivity contribution in [2.45, 2.75) is 19.4 Å². The molecule has 0 fully saturated rings. The maximum atomic E-state index is 13.4. The van der Waals surface area contributed by atoms with E-state index in [9.17, 15) is 13.6 Å². The number of hydrogen-bond acceptors (Lipinski definition) is 1. The number of nitrogens with one attached hydrogen (secondary N) is 1. The molecule has 4 heteroatoms. The summed E-state index contributed by atoms with van der Waals surface area (Å²) in [4.78, 5) is 11.9. The Balaban J connectivity index is 1.98. The van der Waals surface area contributed by atoms with Gasteiger partial charge >= 0.3 is 0 Å². The third-order valence-corrected chi connectivity index (χ3v) is 3.06. The molecule has 0 saturated carbocycles. The Morgan fingerprint density at radius 1 is 1.10 bits per heavy atom. The van der Waals surface area contributed by atoms with Crippen LogP contribution in [0.5, 0.6) is 0 Å². The maximum Gasteiger partial charge on any atom is 0.225 e. The lowest BCUT2D eigenvalue weighted by molar-refractivity contribution is -0.121. The standard InChI is InChI=1S/C16H15F2NO/c1-11(12-6-8-14(17)9-7-12)19-16(20)10-13-4-2-3-5-15(13)18/h2-9,11H,10H2,1H3,(H,19,20)/t11-/m1/s1. The van der Waals surface area contributed by atoms with Crippen LogP contribution < -0.4 is 5.32 Å². The van der Waals surface area contributed by atoms with Crippen molar-refractivity contribution in [3.05, 3.63) is 71.3 Å². The summed E-state index contributed by atoms with van der Waals surface area (Å²) in [6.45, 7) is 1.80. The first-order valence-electron chi connectivity index (χ1n) is 6.34. The van der Waals surface area contributed by atoms with Gasteiger partial charge in [0.2, 0.25) is 5.91 Å². The monoisotopic (exact) mass is 275 g/mol. The smallest absolute Gasteiger partial charge is 0.225 e. The first kappa shape index (κ1) is 14.2. The second-order valence-corrected chi connectivity index (χ2v) is 4.61. The molecule has 0 aliphatic rings. The Morgan fingerprint density at radius 2 is 1.75 bits per heavy atom. The van der Waals surface area contributed by atoms with Crippen molar-refractivity contribution in [1.29, 1.82) is 0 Å². The van der Waals surface area contributed by atoms with E-state index in [1.807, 2.05) is 0 Å². The largest absolute Gasteiger partial charge is 0.349 e. The minimum absolute atomic E-state index is 0.0157. The lowest BCUT2D eigenvalue weighted by Gasteiger charge is -2.14. The molecule has 0 unspecified atom stereocenters. The normalized spacial score (nSPS) is 11.9. The molecule has 0 spiro atoms. The number of carbonyl (C=O) groups is 1. The number of hydrogen-bond donors (Lipinski definition) is 1. The first-order chi connectivity index (χ1) is 9.56. The Kier molecular flexibility index (Phi) is 4.45. The zero-order chi connectivity index (χ0) is 14.5. The summed E-state index contributed by atoms with van der Waals surface area (Å²) >= 11 is 0. The summed E-state index contributed by atoms with van der Waals surface area (Å²) < 4.78 is 26.2. The Bertz CT molecular complexity index is 596. The molecule has 2 nitrogen and oxygen atoms in total. The number of benzene rings is 2. The zero-order valence-corrected chi connectivity index (χ0v) is 11.1. The molecule has 20 heavy (non-hydrogen) atoms. The van der Waals surface area contributed by atoms with Crippen LogP contribution in [-0.2, 0) is 11.2 Å². The average molecular weight is 275 g/mol. The van der Waals surface area contributed by atoms with Gasteiger partial charge in [0.05, 0.1) is 12.5 Å². The molecule has 0 radical (unpaired) electrons. The van der Waals surface area contributed by atoms with E-state index in [1.165, 1.54) is 18.2 Å². The molecular formula is C16H15F2NO. The van der Waals surface area contributed by atoms with Crippen molar-refractivity contribution in [2.24, 2.45) is 0 Å². The van der Waals surface area contributed by atoms with E-state index in [0.29, 0.717) is 5.56 Å². The molecule has 0 aromatic heterocycles. The summed E-state index contributed by atoms with van der Waals surface area (Å²) in [5, 5.41) is 2.76. The van der Waals surface area contributed by atoms with Crippen molar-refractivity contribution < 1.29 is 13.6 Å². The van der Waals surface area contributed by atoms with E-state index >= 15 is 0 Å². The van der Waals surface area contributed by atoms with Gasteiger partial charge in [0.1, 0.15) is 11.6 Å². The van der Waals surface area contributed by atoms with Crippen LogP contribution in [0.15, 0.2) is 48.5 Å². The number of rotatable bonds is 4. The molecule has 2 rings (SSSR count). The van der Waals surface area contributed by atoms with Gasteiger partial charge in [-0.05, 0) is 36.2 Å². The van der Waals surface area contributed by atoms with Crippen LogP contribution >= 0.6 is 0 Å².